The molecule has 0 saturated carbocycles. The van der Waals surface area contributed by atoms with Gasteiger partial charge in [0.15, 0.2) is 0 Å². The number of hydrogen-bond acceptors (Lipinski definition) is 5. The number of ether oxygens (including phenoxy) is 2. The van der Waals surface area contributed by atoms with Crippen molar-refractivity contribution >= 4 is 6.16 Å². The molecule has 5 heteroatoms. The van der Waals surface area contributed by atoms with Crippen LogP contribution >= 0.6 is 0 Å². The highest BCUT2D eigenvalue weighted by Gasteiger charge is 2.62. The van der Waals surface area contributed by atoms with Gasteiger partial charge in [0.2, 0.25) is 0 Å². The van der Waals surface area contributed by atoms with Crippen LogP contribution in [0.1, 0.15) is 27.7 Å². The summed E-state index contributed by atoms with van der Waals surface area (Å²) in [6.45, 7) is 6.75. The standard InChI is InChI=1S/C9H16O5/c1-5(2)6(10)8(3,4)9(12)13-7(11)14-9/h5-6,10,12H,1-4H3. The summed E-state index contributed by atoms with van der Waals surface area (Å²) < 4.78 is 8.99. The number of cyclic esters (lactones) is 2. The summed E-state index contributed by atoms with van der Waals surface area (Å²) in [5.74, 6) is -2.08. The molecule has 1 fully saturated rings. The molecule has 1 aliphatic heterocycles. The lowest BCUT2D eigenvalue weighted by Crippen LogP contribution is -2.64. The molecule has 1 atom stereocenters. The number of aliphatic hydroxyl groups is 2. The van der Waals surface area contributed by atoms with Crippen molar-refractivity contribution in [3.05, 3.63) is 0 Å². The summed E-state index contributed by atoms with van der Waals surface area (Å²) in [6, 6.07) is 0. The molecule has 14 heavy (non-hydrogen) atoms. The van der Waals surface area contributed by atoms with Gasteiger partial charge < -0.3 is 19.7 Å². The summed E-state index contributed by atoms with van der Waals surface area (Å²) >= 11 is 0. The highest BCUT2D eigenvalue weighted by molar-refractivity contribution is 5.65. The first-order chi connectivity index (χ1) is 6.21. The van der Waals surface area contributed by atoms with Crippen LogP contribution in [0.15, 0.2) is 0 Å². The second-order valence-corrected chi connectivity index (χ2v) is 4.45. The Morgan fingerprint density at radius 3 is 2.07 bits per heavy atom. The first-order valence-corrected chi connectivity index (χ1v) is 4.53. The zero-order valence-electron chi connectivity index (χ0n) is 8.77. The lowest BCUT2D eigenvalue weighted by molar-refractivity contribution is -0.442. The maximum atomic E-state index is 10.5. The molecule has 1 unspecified atom stereocenters. The van der Waals surface area contributed by atoms with Crippen molar-refractivity contribution < 1.29 is 24.5 Å². The minimum Gasteiger partial charge on any atom is -0.392 e. The average Bonchev–Trinajstić information content (AvgIpc) is 1.99. The Kier molecular flexibility index (Phi) is 2.49. The van der Waals surface area contributed by atoms with Crippen molar-refractivity contribution in [2.24, 2.45) is 11.3 Å². The molecule has 1 aliphatic rings. The van der Waals surface area contributed by atoms with E-state index in [-0.39, 0.29) is 5.92 Å². The van der Waals surface area contributed by atoms with Crippen LogP contribution in [-0.2, 0) is 9.47 Å². The predicted molar refractivity (Wildman–Crippen MR) is 47.1 cm³/mol. The van der Waals surface area contributed by atoms with Crippen LogP contribution in [0.2, 0.25) is 0 Å². The lowest BCUT2D eigenvalue weighted by Gasteiger charge is -2.47. The van der Waals surface area contributed by atoms with Crippen LogP contribution in [-0.4, -0.2) is 28.4 Å². The zero-order chi connectivity index (χ0) is 11.1. The summed E-state index contributed by atoms with van der Waals surface area (Å²) in [7, 11) is 0. The van der Waals surface area contributed by atoms with E-state index in [0.29, 0.717) is 0 Å². The maximum Gasteiger partial charge on any atom is 0.518 e. The molecule has 1 saturated heterocycles. The van der Waals surface area contributed by atoms with Crippen molar-refractivity contribution in [2.45, 2.75) is 39.8 Å². The molecule has 0 aliphatic carbocycles. The third-order valence-electron chi connectivity index (χ3n) is 2.63. The van der Waals surface area contributed by atoms with Crippen LogP contribution in [0, 0.1) is 11.3 Å². The van der Waals surface area contributed by atoms with Crippen molar-refractivity contribution in [3.63, 3.8) is 0 Å². The quantitative estimate of drug-likeness (QED) is 0.666. The van der Waals surface area contributed by atoms with Crippen molar-refractivity contribution in [2.75, 3.05) is 0 Å². The van der Waals surface area contributed by atoms with Gasteiger partial charge in [-0.05, 0) is 19.8 Å². The van der Waals surface area contributed by atoms with Gasteiger partial charge in [-0.2, -0.15) is 0 Å². The van der Waals surface area contributed by atoms with E-state index < -0.39 is 23.6 Å². The van der Waals surface area contributed by atoms with Gasteiger partial charge in [0.25, 0.3) is 0 Å². The van der Waals surface area contributed by atoms with E-state index >= 15 is 0 Å². The van der Waals surface area contributed by atoms with Gasteiger partial charge in [0.05, 0.1) is 11.5 Å². The summed E-state index contributed by atoms with van der Waals surface area (Å²) in [6.07, 6.45) is -1.75. The molecule has 0 aromatic heterocycles. The molecule has 1 rings (SSSR count). The van der Waals surface area contributed by atoms with Gasteiger partial charge in [-0.3, -0.25) is 0 Å². The lowest BCUT2D eigenvalue weighted by atomic mass is 9.78. The van der Waals surface area contributed by atoms with E-state index in [2.05, 4.69) is 9.47 Å². The maximum absolute atomic E-state index is 10.5. The molecular formula is C9H16O5. The number of hydrogen-bond donors (Lipinski definition) is 2. The number of aliphatic hydroxyl groups excluding tert-OH is 1. The Morgan fingerprint density at radius 1 is 1.36 bits per heavy atom. The average molecular weight is 204 g/mol. The Morgan fingerprint density at radius 2 is 1.79 bits per heavy atom. The second-order valence-electron chi connectivity index (χ2n) is 4.45. The first-order valence-electron chi connectivity index (χ1n) is 4.53. The predicted octanol–water partition coefficient (Wildman–Crippen LogP) is 0.842. The highest BCUT2D eigenvalue weighted by Crippen LogP contribution is 2.43. The zero-order valence-corrected chi connectivity index (χ0v) is 8.77. The molecule has 1 heterocycles. The van der Waals surface area contributed by atoms with Crippen LogP contribution in [0.4, 0.5) is 4.79 Å². The molecule has 0 radical (unpaired) electrons. The summed E-state index contributed by atoms with van der Waals surface area (Å²) in [4.78, 5) is 10.5. The van der Waals surface area contributed by atoms with Gasteiger partial charge in [-0.25, -0.2) is 4.79 Å². The number of carbonyl (C=O) groups excluding carboxylic acids is 1. The van der Waals surface area contributed by atoms with E-state index in [1.54, 1.807) is 27.7 Å². The molecule has 0 aromatic carbocycles. The monoisotopic (exact) mass is 204 g/mol. The highest BCUT2D eigenvalue weighted by atomic mass is 17.0. The summed E-state index contributed by atoms with van der Waals surface area (Å²) in [5, 5.41) is 19.5. The largest absolute Gasteiger partial charge is 0.518 e. The fraction of sp³-hybridized carbons (Fsp3) is 0.889. The third-order valence-corrected chi connectivity index (χ3v) is 2.63. The van der Waals surface area contributed by atoms with Crippen molar-refractivity contribution in [3.8, 4) is 0 Å². The second kappa shape index (κ2) is 3.10. The first kappa shape index (κ1) is 11.3. The van der Waals surface area contributed by atoms with Gasteiger partial charge >= 0.3 is 12.1 Å². The smallest absolute Gasteiger partial charge is 0.392 e. The van der Waals surface area contributed by atoms with Crippen LogP contribution < -0.4 is 0 Å². The fourth-order valence-electron chi connectivity index (χ4n) is 1.52. The SMILES string of the molecule is CC(C)C(O)C(C)(C)C1(O)OC(=O)O1. The molecule has 0 amide bonds. The Hall–Kier alpha value is -0.810. The fourth-order valence-corrected chi connectivity index (χ4v) is 1.52. The minimum absolute atomic E-state index is 0.0723. The van der Waals surface area contributed by atoms with Crippen LogP contribution in [0.25, 0.3) is 0 Å². The van der Waals surface area contributed by atoms with Gasteiger partial charge in [0.1, 0.15) is 0 Å². The van der Waals surface area contributed by atoms with Crippen LogP contribution in [0.5, 0.6) is 0 Å². The van der Waals surface area contributed by atoms with Gasteiger partial charge in [-0.1, -0.05) is 13.8 Å². The van der Waals surface area contributed by atoms with E-state index in [4.69, 9.17) is 0 Å². The van der Waals surface area contributed by atoms with Gasteiger partial charge in [-0.15, -0.1) is 0 Å². The Labute approximate surface area is 82.6 Å². The van der Waals surface area contributed by atoms with Crippen LogP contribution in [0.3, 0.4) is 0 Å². The Bertz CT molecular complexity index is 238. The normalized spacial score (nSPS) is 22.4. The van der Waals surface area contributed by atoms with E-state index in [9.17, 15) is 15.0 Å². The molecule has 0 spiro atoms. The Balaban J connectivity index is 2.79. The molecule has 0 aromatic rings. The van der Waals surface area contributed by atoms with Gasteiger partial charge in [0, 0.05) is 0 Å². The third kappa shape index (κ3) is 1.46. The molecular weight excluding hydrogens is 188 g/mol. The molecule has 2 N–H and O–H groups in total. The van der Waals surface area contributed by atoms with E-state index in [1.165, 1.54) is 0 Å². The topological polar surface area (TPSA) is 76.0 Å². The number of carbonyl (C=O) groups is 1. The van der Waals surface area contributed by atoms with E-state index in [1.807, 2.05) is 0 Å². The van der Waals surface area contributed by atoms with Crippen molar-refractivity contribution in [1.29, 1.82) is 0 Å². The van der Waals surface area contributed by atoms with Crippen molar-refractivity contribution in [1.82, 2.24) is 0 Å². The molecule has 5 nitrogen and oxygen atoms in total. The molecule has 0 bridgehead atoms. The summed E-state index contributed by atoms with van der Waals surface area (Å²) in [5.41, 5.74) is -1.06. The minimum atomic E-state index is -2.01. The van der Waals surface area contributed by atoms with E-state index in [0.717, 1.165) is 0 Å². The number of rotatable bonds is 3. The molecule has 82 valence electrons.